The van der Waals surface area contributed by atoms with Crippen LogP contribution in [-0.4, -0.2) is 68.5 Å². The lowest BCUT2D eigenvalue weighted by atomic mass is 10.1. The minimum atomic E-state index is 0. The second-order valence-corrected chi connectivity index (χ2v) is 7.80. The molecule has 1 aromatic carbocycles. The van der Waals surface area contributed by atoms with Gasteiger partial charge in [0.2, 0.25) is 5.91 Å². The molecule has 0 radical (unpaired) electrons. The van der Waals surface area contributed by atoms with Crippen molar-refractivity contribution in [2.24, 2.45) is 16.8 Å². The van der Waals surface area contributed by atoms with Gasteiger partial charge in [-0.05, 0) is 17.9 Å². The largest absolute Gasteiger partial charge is 0.376 e. The molecule has 0 bridgehead atoms. The van der Waals surface area contributed by atoms with Crippen molar-refractivity contribution in [1.29, 1.82) is 0 Å². The standard InChI is InChI=1S/C21H34N4O2.HI/c1-17(2)12-22-21(23-13-20(26)24(3)4)25-11-10-19(14-25)16-27-15-18-8-6-5-7-9-18;/h5-9,17,19H,10-16H2,1-4H3,(H,22,23);1H. The maximum atomic E-state index is 11.9. The molecule has 1 atom stereocenters. The van der Waals surface area contributed by atoms with Gasteiger partial charge in [0.05, 0.1) is 13.2 Å². The van der Waals surface area contributed by atoms with Crippen LogP contribution < -0.4 is 5.32 Å². The second kappa shape index (κ2) is 13.0. The lowest BCUT2D eigenvalue weighted by Crippen LogP contribution is -2.42. The molecule has 1 N–H and O–H groups in total. The Morgan fingerprint density at radius 1 is 1.32 bits per heavy atom. The van der Waals surface area contributed by atoms with Crippen LogP contribution in [0.25, 0.3) is 0 Å². The first-order valence-corrected chi connectivity index (χ1v) is 9.80. The number of carbonyl (C=O) groups is 1. The number of amides is 1. The predicted molar refractivity (Wildman–Crippen MR) is 125 cm³/mol. The van der Waals surface area contributed by atoms with Crippen LogP contribution >= 0.6 is 24.0 Å². The van der Waals surface area contributed by atoms with Gasteiger partial charge in [0.25, 0.3) is 0 Å². The Kier molecular flexibility index (Phi) is 11.4. The Morgan fingerprint density at radius 3 is 2.68 bits per heavy atom. The average molecular weight is 502 g/mol. The molecule has 1 aliphatic rings. The SMILES string of the molecule is CC(C)CNC(=NCC(=O)N(C)C)N1CCC(COCc2ccccc2)C1.I. The maximum Gasteiger partial charge on any atom is 0.243 e. The van der Waals surface area contributed by atoms with E-state index in [1.165, 1.54) is 5.56 Å². The van der Waals surface area contributed by atoms with Crippen molar-refractivity contribution in [3.8, 4) is 0 Å². The number of hydrogen-bond acceptors (Lipinski definition) is 3. The zero-order chi connectivity index (χ0) is 19.6. The van der Waals surface area contributed by atoms with E-state index in [1.807, 2.05) is 18.2 Å². The van der Waals surface area contributed by atoms with E-state index in [-0.39, 0.29) is 36.4 Å². The van der Waals surface area contributed by atoms with E-state index in [2.05, 4.69) is 41.2 Å². The van der Waals surface area contributed by atoms with Crippen LogP contribution in [0.5, 0.6) is 0 Å². The summed E-state index contributed by atoms with van der Waals surface area (Å²) in [6, 6.07) is 10.3. The Bertz CT molecular complexity index is 608. The molecule has 1 saturated heterocycles. The number of guanidine groups is 1. The van der Waals surface area contributed by atoms with Crippen molar-refractivity contribution in [3.05, 3.63) is 35.9 Å². The number of likely N-dealkylation sites (tertiary alicyclic amines) is 1. The number of nitrogens with one attached hydrogen (secondary N) is 1. The number of likely N-dealkylation sites (N-methyl/N-ethyl adjacent to an activating group) is 1. The fraction of sp³-hybridized carbons (Fsp3) is 0.619. The molecule has 1 unspecified atom stereocenters. The van der Waals surface area contributed by atoms with E-state index in [4.69, 9.17) is 4.74 Å². The third-order valence-electron chi connectivity index (χ3n) is 4.58. The molecule has 28 heavy (non-hydrogen) atoms. The van der Waals surface area contributed by atoms with E-state index in [9.17, 15) is 4.79 Å². The number of carbonyl (C=O) groups excluding carboxylic acids is 1. The molecule has 7 heteroatoms. The number of hydrogen-bond donors (Lipinski definition) is 1. The van der Waals surface area contributed by atoms with E-state index in [0.29, 0.717) is 18.4 Å². The summed E-state index contributed by atoms with van der Waals surface area (Å²) in [4.78, 5) is 20.3. The molecule has 1 aliphatic heterocycles. The van der Waals surface area contributed by atoms with Gasteiger partial charge < -0.3 is 19.9 Å². The molecule has 0 aromatic heterocycles. The summed E-state index contributed by atoms with van der Waals surface area (Å²) in [7, 11) is 3.52. The van der Waals surface area contributed by atoms with Gasteiger partial charge in [-0.2, -0.15) is 0 Å². The number of aliphatic imine (C=N–C) groups is 1. The lowest BCUT2D eigenvalue weighted by molar-refractivity contribution is -0.127. The molecular weight excluding hydrogens is 467 g/mol. The van der Waals surface area contributed by atoms with Crippen LogP contribution in [0.4, 0.5) is 0 Å². The van der Waals surface area contributed by atoms with Crippen LogP contribution in [0.15, 0.2) is 35.3 Å². The summed E-state index contributed by atoms with van der Waals surface area (Å²) in [5, 5.41) is 3.42. The summed E-state index contributed by atoms with van der Waals surface area (Å²) in [5.41, 5.74) is 1.20. The number of benzene rings is 1. The summed E-state index contributed by atoms with van der Waals surface area (Å²) in [6.07, 6.45) is 1.08. The zero-order valence-electron chi connectivity index (χ0n) is 17.6. The summed E-state index contributed by atoms with van der Waals surface area (Å²) in [5.74, 6) is 1.86. The monoisotopic (exact) mass is 502 g/mol. The molecule has 158 valence electrons. The van der Waals surface area contributed by atoms with Gasteiger partial charge in [-0.3, -0.25) is 4.79 Å². The number of halogens is 1. The minimum absolute atomic E-state index is 0. The van der Waals surface area contributed by atoms with Gasteiger partial charge >= 0.3 is 0 Å². The van der Waals surface area contributed by atoms with E-state index in [1.54, 1.807) is 19.0 Å². The topological polar surface area (TPSA) is 57.2 Å². The Balaban J connectivity index is 0.00000392. The molecule has 1 aromatic rings. The smallest absolute Gasteiger partial charge is 0.243 e. The number of rotatable bonds is 8. The molecular formula is C21H35IN4O2. The fourth-order valence-corrected chi connectivity index (χ4v) is 2.93. The highest BCUT2D eigenvalue weighted by molar-refractivity contribution is 14.0. The molecule has 1 heterocycles. The highest BCUT2D eigenvalue weighted by Gasteiger charge is 2.25. The molecule has 2 rings (SSSR count). The molecule has 0 spiro atoms. The summed E-state index contributed by atoms with van der Waals surface area (Å²) < 4.78 is 5.91. The molecule has 1 fully saturated rings. The highest BCUT2D eigenvalue weighted by Crippen LogP contribution is 2.17. The van der Waals surface area contributed by atoms with Crippen molar-refractivity contribution in [2.45, 2.75) is 26.9 Å². The van der Waals surface area contributed by atoms with Crippen LogP contribution in [0.3, 0.4) is 0 Å². The van der Waals surface area contributed by atoms with Gasteiger partial charge in [-0.25, -0.2) is 4.99 Å². The normalized spacial score (nSPS) is 16.8. The first-order chi connectivity index (χ1) is 13.0. The van der Waals surface area contributed by atoms with E-state index < -0.39 is 0 Å². The Morgan fingerprint density at radius 2 is 2.04 bits per heavy atom. The van der Waals surface area contributed by atoms with Crippen molar-refractivity contribution < 1.29 is 9.53 Å². The Labute approximate surface area is 186 Å². The summed E-state index contributed by atoms with van der Waals surface area (Å²) in [6.45, 7) is 8.62. The quantitative estimate of drug-likeness (QED) is 0.338. The highest BCUT2D eigenvalue weighted by atomic mass is 127. The van der Waals surface area contributed by atoms with Crippen LogP contribution in [0.2, 0.25) is 0 Å². The zero-order valence-corrected chi connectivity index (χ0v) is 19.9. The van der Waals surface area contributed by atoms with E-state index in [0.717, 1.165) is 38.6 Å². The molecule has 0 saturated carbocycles. The van der Waals surface area contributed by atoms with Gasteiger partial charge in [0, 0.05) is 39.6 Å². The molecule has 6 nitrogen and oxygen atoms in total. The number of ether oxygens (including phenoxy) is 1. The van der Waals surface area contributed by atoms with Gasteiger partial charge in [0.1, 0.15) is 6.54 Å². The fourth-order valence-electron chi connectivity index (χ4n) is 2.93. The Hall–Kier alpha value is -1.35. The first kappa shape index (κ1) is 24.7. The summed E-state index contributed by atoms with van der Waals surface area (Å²) >= 11 is 0. The van der Waals surface area contributed by atoms with Gasteiger partial charge in [-0.15, -0.1) is 24.0 Å². The lowest BCUT2D eigenvalue weighted by Gasteiger charge is -2.23. The molecule has 1 amide bonds. The third-order valence-corrected chi connectivity index (χ3v) is 4.58. The van der Waals surface area contributed by atoms with Crippen molar-refractivity contribution >= 4 is 35.8 Å². The van der Waals surface area contributed by atoms with Crippen molar-refractivity contribution in [3.63, 3.8) is 0 Å². The van der Waals surface area contributed by atoms with Crippen molar-refractivity contribution in [2.75, 3.05) is 46.9 Å². The average Bonchev–Trinajstić information content (AvgIpc) is 3.10. The first-order valence-electron chi connectivity index (χ1n) is 9.80. The van der Waals surface area contributed by atoms with Crippen LogP contribution in [0, 0.1) is 11.8 Å². The maximum absolute atomic E-state index is 11.9. The third kappa shape index (κ3) is 8.77. The van der Waals surface area contributed by atoms with Gasteiger partial charge in [-0.1, -0.05) is 44.2 Å². The van der Waals surface area contributed by atoms with Crippen LogP contribution in [0.1, 0.15) is 25.8 Å². The van der Waals surface area contributed by atoms with Crippen LogP contribution in [-0.2, 0) is 16.1 Å². The van der Waals surface area contributed by atoms with Gasteiger partial charge in [0.15, 0.2) is 5.96 Å². The van der Waals surface area contributed by atoms with Crippen molar-refractivity contribution in [1.82, 2.24) is 15.1 Å². The van der Waals surface area contributed by atoms with E-state index >= 15 is 0 Å². The number of nitrogens with zero attached hydrogens (tertiary/aromatic N) is 3. The predicted octanol–water partition coefficient (Wildman–Crippen LogP) is 2.83. The second-order valence-electron chi connectivity index (χ2n) is 7.80. The minimum Gasteiger partial charge on any atom is -0.376 e. The molecule has 0 aliphatic carbocycles.